The Labute approximate surface area is 145 Å². The molecule has 130 valence electrons. The molecule has 0 amide bonds. The van der Waals surface area contributed by atoms with E-state index in [-0.39, 0.29) is 5.66 Å². The van der Waals surface area contributed by atoms with Gasteiger partial charge in [-0.3, -0.25) is 4.90 Å². The van der Waals surface area contributed by atoms with E-state index in [9.17, 15) is 0 Å². The quantitative estimate of drug-likeness (QED) is 0.819. The van der Waals surface area contributed by atoms with Crippen LogP contribution in [0.2, 0.25) is 0 Å². The highest BCUT2D eigenvalue weighted by molar-refractivity contribution is 5.74. The number of likely N-dealkylation sites (tertiary alicyclic amines) is 1. The summed E-state index contributed by atoms with van der Waals surface area (Å²) in [4.78, 5) is 2.76. The smallest absolute Gasteiger partial charge is 0.118 e. The van der Waals surface area contributed by atoms with Crippen molar-refractivity contribution in [1.82, 2.24) is 19.9 Å². The lowest BCUT2D eigenvalue weighted by Gasteiger charge is -2.49. The van der Waals surface area contributed by atoms with E-state index in [2.05, 4.69) is 52.8 Å². The maximum absolute atomic E-state index is 4.69. The normalized spacial score (nSPS) is 32.8. The van der Waals surface area contributed by atoms with Gasteiger partial charge in [0, 0.05) is 13.1 Å². The number of nitrogens with zero attached hydrogens (tertiary/aromatic N) is 4. The van der Waals surface area contributed by atoms with Crippen molar-refractivity contribution in [1.29, 1.82) is 0 Å². The van der Waals surface area contributed by atoms with Gasteiger partial charge < -0.3 is 0 Å². The predicted molar refractivity (Wildman–Crippen MR) is 97.7 cm³/mol. The Morgan fingerprint density at radius 3 is 2.33 bits per heavy atom. The van der Waals surface area contributed by atoms with Crippen molar-refractivity contribution < 1.29 is 0 Å². The molecule has 1 aromatic heterocycles. The van der Waals surface area contributed by atoms with E-state index in [1.807, 2.05) is 0 Å². The Hall–Kier alpha value is -1.42. The average Bonchev–Trinajstić information content (AvgIpc) is 2.80. The zero-order valence-electron chi connectivity index (χ0n) is 15.1. The second-order valence-electron chi connectivity index (χ2n) is 8.23. The molecule has 0 N–H and O–H groups in total. The molecule has 2 atom stereocenters. The van der Waals surface area contributed by atoms with Crippen LogP contribution in [0, 0.1) is 11.8 Å². The molecule has 0 bridgehead atoms. The topological polar surface area (TPSA) is 34.0 Å². The number of aromatic nitrogens is 3. The summed E-state index contributed by atoms with van der Waals surface area (Å²) in [6.45, 7) is 7.24. The molecular formula is C20H30N4. The van der Waals surface area contributed by atoms with Crippen LogP contribution in [-0.2, 0) is 5.66 Å². The Kier molecular flexibility index (Phi) is 4.33. The first-order chi connectivity index (χ1) is 11.7. The lowest BCUT2D eigenvalue weighted by molar-refractivity contribution is -0.0543. The molecule has 0 radical (unpaired) electrons. The number of benzene rings is 1. The highest BCUT2D eigenvalue weighted by Crippen LogP contribution is 2.44. The summed E-state index contributed by atoms with van der Waals surface area (Å²) in [5, 5.41) is 9.18. The fourth-order valence-electron chi connectivity index (χ4n) is 5.28. The lowest BCUT2D eigenvalue weighted by Crippen LogP contribution is -2.55. The fourth-order valence-corrected chi connectivity index (χ4v) is 5.28. The van der Waals surface area contributed by atoms with E-state index < -0.39 is 0 Å². The van der Waals surface area contributed by atoms with Gasteiger partial charge in [0.05, 0.1) is 5.52 Å². The summed E-state index contributed by atoms with van der Waals surface area (Å²) in [5.74, 6) is 1.47. The zero-order chi connectivity index (χ0) is 16.6. The van der Waals surface area contributed by atoms with Gasteiger partial charge in [-0.2, -0.15) is 0 Å². The summed E-state index contributed by atoms with van der Waals surface area (Å²) >= 11 is 0. The molecule has 4 rings (SSSR count). The molecule has 1 aromatic carbocycles. The summed E-state index contributed by atoms with van der Waals surface area (Å²) in [7, 11) is 0. The van der Waals surface area contributed by atoms with Crippen molar-refractivity contribution >= 4 is 11.0 Å². The van der Waals surface area contributed by atoms with Gasteiger partial charge in [0.25, 0.3) is 0 Å². The fraction of sp³-hybridized carbons (Fsp3) is 0.700. The molecule has 1 saturated carbocycles. The van der Waals surface area contributed by atoms with Crippen molar-refractivity contribution in [3.05, 3.63) is 24.3 Å². The minimum Gasteiger partial charge on any atom is -0.279 e. The van der Waals surface area contributed by atoms with Crippen molar-refractivity contribution in [2.75, 3.05) is 13.1 Å². The SMILES string of the molecule is CC1CC(C)CC(N2CCCCCC2)(n2nnc3ccccc32)C1. The van der Waals surface area contributed by atoms with Gasteiger partial charge in [0.15, 0.2) is 0 Å². The molecule has 1 aliphatic heterocycles. The van der Waals surface area contributed by atoms with Crippen LogP contribution in [0.15, 0.2) is 24.3 Å². The number of hydrogen-bond donors (Lipinski definition) is 0. The van der Waals surface area contributed by atoms with Crippen LogP contribution < -0.4 is 0 Å². The number of fused-ring (bicyclic) bond motifs is 1. The summed E-state index contributed by atoms with van der Waals surface area (Å²) in [5.41, 5.74) is 2.23. The predicted octanol–water partition coefficient (Wildman–Crippen LogP) is 4.42. The molecule has 4 heteroatoms. The van der Waals surface area contributed by atoms with Crippen molar-refractivity contribution in [3.8, 4) is 0 Å². The van der Waals surface area contributed by atoms with E-state index in [4.69, 9.17) is 5.21 Å². The first-order valence-electron chi connectivity index (χ1n) is 9.75. The highest BCUT2D eigenvalue weighted by Gasteiger charge is 2.45. The monoisotopic (exact) mass is 326 g/mol. The Morgan fingerprint density at radius 1 is 0.958 bits per heavy atom. The second kappa shape index (κ2) is 6.47. The lowest BCUT2D eigenvalue weighted by atomic mass is 9.75. The molecule has 2 heterocycles. The Morgan fingerprint density at radius 2 is 1.62 bits per heavy atom. The van der Waals surface area contributed by atoms with E-state index in [1.54, 1.807) is 0 Å². The largest absolute Gasteiger partial charge is 0.279 e. The van der Waals surface area contributed by atoms with Crippen LogP contribution in [0.25, 0.3) is 11.0 Å². The third-order valence-electron chi connectivity index (χ3n) is 6.10. The van der Waals surface area contributed by atoms with Crippen LogP contribution in [0.1, 0.15) is 58.8 Å². The van der Waals surface area contributed by atoms with Crippen molar-refractivity contribution in [2.24, 2.45) is 11.8 Å². The van der Waals surface area contributed by atoms with Gasteiger partial charge in [-0.05, 0) is 56.1 Å². The first-order valence-corrected chi connectivity index (χ1v) is 9.75. The Balaban J connectivity index is 1.83. The summed E-state index contributed by atoms with van der Waals surface area (Å²) < 4.78 is 2.29. The minimum absolute atomic E-state index is 0.0114. The molecule has 2 fully saturated rings. The molecular weight excluding hydrogens is 296 g/mol. The van der Waals surface area contributed by atoms with Crippen LogP contribution >= 0.6 is 0 Å². The number of rotatable bonds is 2. The number of hydrogen-bond acceptors (Lipinski definition) is 3. The van der Waals surface area contributed by atoms with Crippen LogP contribution in [0.5, 0.6) is 0 Å². The van der Waals surface area contributed by atoms with Gasteiger partial charge in [-0.25, -0.2) is 4.68 Å². The minimum atomic E-state index is 0.0114. The molecule has 2 unspecified atom stereocenters. The standard InChI is InChI=1S/C20H30N4/c1-16-13-17(2)15-20(14-16,23-11-7-3-4-8-12-23)24-19-10-6-5-9-18(19)21-22-24/h5-6,9-10,16-17H,3-4,7-8,11-15H2,1-2H3. The maximum Gasteiger partial charge on any atom is 0.118 e. The van der Waals surface area contributed by atoms with Gasteiger partial charge in [-0.1, -0.05) is 44.0 Å². The molecule has 2 aliphatic rings. The molecule has 24 heavy (non-hydrogen) atoms. The second-order valence-corrected chi connectivity index (χ2v) is 8.23. The van der Waals surface area contributed by atoms with E-state index >= 15 is 0 Å². The van der Waals surface area contributed by atoms with E-state index in [0.29, 0.717) is 0 Å². The summed E-state index contributed by atoms with van der Waals surface area (Å²) in [6, 6.07) is 8.46. The van der Waals surface area contributed by atoms with Gasteiger partial charge in [-0.15, -0.1) is 5.10 Å². The third kappa shape index (κ3) is 2.75. The van der Waals surface area contributed by atoms with Gasteiger partial charge >= 0.3 is 0 Å². The third-order valence-corrected chi connectivity index (χ3v) is 6.10. The van der Waals surface area contributed by atoms with Crippen molar-refractivity contribution in [3.63, 3.8) is 0 Å². The first kappa shape index (κ1) is 16.1. The number of para-hydroxylation sites is 1. The molecule has 1 aliphatic carbocycles. The molecule has 1 saturated heterocycles. The van der Waals surface area contributed by atoms with Gasteiger partial charge in [0.2, 0.25) is 0 Å². The molecule has 2 aromatic rings. The van der Waals surface area contributed by atoms with Crippen LogP contribution in [0.3, 0.4) is 0 Å². The van der Waals surface area contributed by atoms with E-state index in [1.165, 1.54) is 63.6 Å². The van der Waals surface area contributed by atoms with Crippen LogP contribution in [0.4, 0.5) is 0 Å². The molecule has 0 spiro atoms. The highest BCUT2D eigenvalue weighted by atomic mass is 15.5. The summed E-state index contributed by atoms with van der Waals surface area (Å²) in [6.07, 6.45) is 9.11. The van der Waals surface area contributed by atoms with Crippen LogP contribution in [-0.4, -0.2) is 33.0 Å². The molecule has 4 nitrogen and oxygen atoms in total. The zero-order valence-corrected chi connectivity index (χ0v) is 15.1. The average molecular weight is 326 g/mol. The van der Waals surface area contributed by atoms with Gasteiger partial charge in [0.1, 0.15) is 11.2 Å². The van der Waals surface area contributed by atoms with Crippen molar-refractivity contribution in [2.45, 2.75) is 64.5 Å². The van der Waals surface area contributed by atoms with E-state index in [0.717, 1.165) is 17.4 Å². The Bertz CT molecular complexity index is 674. The maximum atomic E-state index is 4.69.